The summed E-state index contributed by atoms with van der Waals surface area (Å²) in [4.78, 5) is 0.424. The van der Waals surface area contributed by atoms with E-state index in [-0.39, 0.29) is 0 Å². The summed E-state index contributed by atoms with van der Waals surface area (Å²) in [6.45, 7) is 2.26. The average molecular weight is 266 g/mol. The summed E-state index contributed by atoms with van der Waals surface area (Å²) in [5, 5.41) is 3.23. The molecular weight excluding hydrogens is 248 g/mol. The average Bonchev–Trinajstić information content (AvgIpc) is 3.03. The molecule has 98 valence electrons. The highest BCUT2D eigenvalue weighted by molar-refractivity contribution is 7.89. The third-order valence-electron chi connectivity index (χ3n) is 3.73. The molecule has 0 spiro atoms. The Balaban J connectivity index is 1.88. The second-order valence-corrected chi connectivity index (χ2v) is 7.31. The van der Waals surface area contributed by atoms with E-state index in [0.717, 1.165) is 31.5 Å². The minimum Gasteiger partial charge on any atom is -0.309 e. The van der Waals surface area contributed by atoms with Crippen molar-refractivity contribution in [3.8, 4) is 0 Å². The molecule has 1 aliphatic carbocycles. The van der Waals surface area contributed by atoms with Crippen LogP contribution in [0.1, 0.15) is 24.0 Å². The molecule has 4 nitrogen and oxygen atoms in total. The van der Waals surface area contributed by atoms with Crippen LogP contribution in [0.15, 0.2) is 23.1 Å². The van der Waals surface area contributed by atoms with Gasteiger partial charge in [0.2, 0.25) is 10.0 Å². The van der Waals surface area contributed by atoms with E-state index in [1.165, 1.54) is 9.87 Å². The van der Waals surface area contributed by atoms with Gasteiger partial charge >= 0.3 is 0 Å². The van der Waals surface area contributed by atoms with Gasteiger partial charge in [-0.15, -0.1) is 0 Å². The van der Waals surface area contributed by atoms with Crippen LogP contribution in [-0.4, -0.2) is 26.3 Å². The molecule has 1 saturated carbocycles. The highest BCUT2D eigenvalue weighted by Gasteiger charge is 2.29. The largest absolute Gasteiger partial charge is 0.309 e. The van der Waals surface area contributed by atoms with Gasteiger partial charge in [0.25, 0.3) is 0 Å². The van der Waals surface area contributed by atoms with E-state index in [9.17, 15) is 8.42 Å². The van der Waals surface area contributed by atoms with E-state index >= 15 is 0 Å². The number of nitrogens with zero attached hydrogens (tertiary/aromatic N) is 1. The maximum atomic E-state index is 12.4. The second-order valence-electron chi connectivity index (χ2n) is 5.26. The summed E-state index contributed by atoms with van der Waals surface area (Å²) in [5.41, 5.74) is 2.31. The van der Waals surface area contributed by atoms with Crippen LogP contribution in [0.2, 0.25) is 0 Å². The Hall–Kier alpha value is -0.910. The van der Waals surface area contributed by atoms with Gasteiger partial charge in [-0.3, -0.25) is 0 Å². The fourth-order valence-corrected chi connectivity index (χ4v) is 3.67. The molecule has 1 aromatic carbocycles. The first-order valence-corrected chi connectivity index (χ1v) is 7.80. The third-order valence-corrected chi connectivity index (χ3v) is 5.55. The normalized spacial score (nSPS) is 19.2. The number of hydrogen-bond donors (Lipinski definition) is 1. The van der Waals surface area contributed by atoms with Gasteiger partial charge in [-0.1, -0.05) is 6.07 Å². The topological polar surface area (TPSA) is 49.4 Å². The first-order valence-electron chi connectivity index (χ1n) is 6.36. The summed E-state index contributed by atoms with van der Waals surface area (Å²) >= 11 is 0. The lowest BCUT2D eigenvalue weighted by molar-refractivity contribution is 0.453. The second kappa shape index (κ2) is 4.33. The number of hydrogen-bond acceptors (Lipinski definition) is 3. The van der Waals surface area contributed by atoms with Gasteiger partial charge in [0.1, 0.15) is 0 Å². The molecular formula is C13H18N2O2S. The van der Waals surface area contributed by atoms with Gasteiger partial charge in [0.15, 0.2) is 0 Å². The van der Waals surface area contributed by atoms with E-state index in [1.54, 1.807) is 13.1 Å². The fraction of sp³-hybridized carbons (Fsp3) is 0.538. The van der Waals surface area contributed by atoms with Crippen LogP contribution in [0, 0.1) is 5.92 Å². The Morgan fingerprint density at radius 3 is 2.72 bits per heavy atom. The summed E-state index contributed by atoms with van der Waals surface area (Å²) < 4.78 is 26.3. The van der Waals surface area contributed by atoms with Gasteiger partial charge in [0, 0.05) is 26.7 Å². The maximum absolute atomic E-state index is 12.4. The number of sulfonamides is 1. The monoisotopic (exact) mass is 266 g/mol. The van der Waals surface area contributed by atoms with Gasteiger partial charge in [-0.25, -0.2) is 12.7 Å². The van der Waals surface area contributed by atoms with Crippen molar-refractivity contribution in [3.63, 3.8) is 0 Å². The number of fused-ring (bicyclic) bond motifs is 1. The Labute approximate surface area is 108 Å². The molecule has 5 heteroatoms. The number of rotatable bonds is 4. The Bertz CT molecular complexity index is 564. The van der Waals surface area contributed by atoms with Gasteiger partial charge < -0.3 is 5.32 Å². The van der Waals surface area contributed by atoms with Crippen LogP contribution in [0.25, 0.3) is 0 Å². The van der Waals surface area contributed by atoms with Crippen molar-refractivity contribution >= 4 is 10.0 Å². The summed E-state index contributed by atoms with van der Waals surface area (Å²) in [5.74, 6) is 0.570. The molecule has 1 heterocycles. The summed E-state index contributed by atoms with van der Waals surface area (Å²) in [6.07, 6.45) is 2.32. The first-order chi connectivity index (χ1) is 8.57. The van der Waals surface area contributed by atoms with Crippen molar-refractivity contribution in [1.29, 1.82) is 0 Å². The molecule has 1 fully saturated rings. The molecule has 0 aromatic heterocycles. The van der Waals surface area contributed by atoms with Crippen LogP contribution in [0.5, 0.6) is 0 Å². The van der Waals surface area contributed by atoms with E-state index in [1.807, 2.05) is 12.1 Å². The standard InChI is InChI=1S/C13H18N2O2S/c1-15(9-10-2-3-10)18(16,17)13-5-4-11-7-14-8-12(11)6-13/h4-6,10,14H,2-3,7-9H2,1H3. The lowest BCUT2D eigenvalue weighted by Gasteiger charge is -2.17. The zero-order valence-corrected chi connectivity index (χ0v) is 11.3. The van der Waals surface area contributed by atoms with Crippen LogP contribution >= 0.6 is 0 Å². The van der Waals surface area contributed by atoms with Crippen molar-refractivity contribution in [1.82, 2.24) is 9.62 Å². The molecule has 1 N–H and O–H groups in total. The van der Waals surface area contributed by atoms with E-state index in [4.69, 9.17) is 0 Å². The lowest BCUT2D eigenvalue weighted by Crippen LogP contribution is -2.29. The Kier molecular flexibility index (Phi) is 2.92. The SMILES string of the molecule is CN(CC1CC1)S(=O)(=O)c1ccc2c(c1)CNC2. The molecule has 0 atom stereocenters. The lowest BCUT2D eigenvalue weighted by atomic mass is 10.1. The Morgan fingerprint density at radius 2 is 2.00 bits per heavy atom. The minimum atomic E-state index is -3.31. The van der Waals surface area contributed by atoms with Crippen LogP contribution in [0.4, 0.5) is 0 Å². The van der Waals surface area contributed by atoms with Crippen LogP contribution in [0.3, 0.4) is 0 Å². The molecule has 0 unspecified atom stereocenters. The molecule has 0 saturated heterocycles. The van der Waals surface area contributed by atoms with Gasteiger partial charge in [0.05, 0.1) is 4.90 Å². The van der Waals surface area contributed by atoms with Crippen LogP contribution < -0.4 is 5.32 Å². The van der Waals surface area contributed by atoms with Crippen molar-refractivity contribution in [2.75, 3.05) is 13.6 Å². The molecule has 0 radical (unpaired) electrons. The molecule has 1 aliphatic heterocycles. The predicted octanol–water partition coefficient (Wildman–Crippen LogP) is 1.32. The third kappa shape index (κ3) is 2.18. The van der Waals surface area contributed by atoms with E-state index in [0.29, 0.717) is 17.4 Å². The first kappa shape index (κ1) is 12.1. The molecule has 1 aromatic rings. The van der Waals surface area contributed by atoms with Crippen LogP contribution in [-0.2, 0) is 23.1 Å². The molecule has 0 amide bonds. The minimum absolute atomic E-state index is 0.424. The number of benzene rings is 1. The summed E-state index contributed by atoms with van der Waals surface area (Å²) in [6, 6.07) is 5.46. The highest BCUT2D eigenvalue weighted by atomic mass is 32.2. The summed E-state index contributed by atoms with van der Waals surface area (Å²) in [7, 11) is -1.63. The van der Waals surface area contributed by atoms with Crippen molar-refractivity contribution in [3.05, 3.63) is 29.3 Å². The Morgan fingerprint density at radius 1 is 1.28 bits per heavy atom. The zero-order chi connectivity index (χ0) is 12.8. The molecule has 3 rings (SSSR count). The smallest absolute Gasteiger partial charge is 0.242 e. The van der Waals surface area contributed by atoms with E-state index in [2.05, 4.69) is 5.32 Å². The zero-order valence-electron chi connectivity index (χ0n) is 10.5. The van der Waals surface area contributed by atoms with Gasteiger partial charge in [-0.05, 0) is 42.0 Å². The van der Waals surface area contributed by atoms with E-state index < -0.39 is 10.0 Å². The van der Waals surface area contributed by atoms with Gasteiger partial charge in [-0.2, -0.15) is 0 Å². The maximum Gasteiger partial charge on any atom is 0.242 e. The van der Waals surface area contributed by atoms with Crippen molar-refractivity contribution in [2.45, 2.75) is 30.8 Å². The molecule has 2 aliphatic rings. The molecule has 0 bridgehead atoms. The predicted molar refractivity (Wildman–Crippen MR) is 69.5 cm³/mol. The highest BCUT2D eigenvalue weighted by Crippen LogP contribution is 2.31. The quantitative estimate of drug-likeness (QED) is 0.894. The van der Waals surface area contributed by atoms with Crippen molar-refractivity contribution in [2.24, 2.45) is 5.92 Å². The fourth-order valence-electron chi connectivity index (χ4n) is 2.37. The molecule has 18 heavy (non-hydrogen) atoms. The number of nitrogens with one attached hydrogen (secondary N) is 1. The van der Waals surface area contributed by atoms with Crippen molar-refractivity contribution < 1.29 is 8.42 Å².